The predicted octanol–water partition coefficient (Wildman–Crippen LogP) is 3.12. The molecule has 0 aromatic heterocycles. The van der Waals surface area contributed by atoms with Crippen molar-refractivity contribution in [2.45, 2.75) is 33.4 Å². The summed E-state index contributed by atoms with van der Waals surface area (Å²) in [6.07, 6.45) is 0. The fourth-order valence-corrected chi connectivity index (χ4v) is 1.42. The number of amides is 1. The highest BCUT2D eigenvalue weighted by Gasteiger charge is 2.13. The first-order chi connectivity index (χ1) is 8.40. The number of hydrogen-bond donors (Lipinski definition) is 1. The Balaban J connectivity index is 2.73. The van der Waals surface area contributed by atoms with E-state index in [1.807, 2.05) is 0 Å². The Labute approximate surface area is 105 Å². The van der Waals surface area contributed by atoms with Crippen LogP contribution in [0, 0.1) is 5.92 Å². The van der Waals surface area contributed by atoms with Gasteiger partial charge in [-0.25, -0.2) is 0 Å². The molecular weight excluding hydrogens is 240 g/mol. The maximum Gasteiger partial charge on any atom is 0.387 e. The molecule has 0 aliphatic heterocycles. The summed E-state index contributed by atoms with van der Waals surface area (Å²) < 4.78 is 28.5. The quantitative estimate of drug-likeness (QED) is 0.880. The number of ether oxygens (including phenoxy) is 1. The van der Waals surface area contributed by atoms with Crippen LogP contribution in [0.3, 0.4) is 0 Å². The standard InChI is InChI=1S/C13H17F2NO2/c1-8(2)12(17)16-9(3)10-5-4-6-11(7-10)18-13(14)15/h4-9,13H,1-3H3,(H,16,17). The second-order valence-corrected chi connectivity index (χ2v) is 4.34. The van der Waals surface area contributed by atoms with Gasteiger partial charge in [0.05, 0.1) is 6.04 Å². The average molecular weight is 257 g/mol. The summed E-state index contributed by atoms with van der Waals surface area (Å²) in [7, 11) is 0. The van der Waals surface area contributed by atoms with Crippen LogP contribution in [0.1, 0.15) is 32.4 Å². The molecule has 0 fully saturated rings. The largest absolute Gasteiger partial charge is 0.435 e. The topological polar surface area (TPSA) is 38.3 Å². The predicted molar refractivity (Wildman–Crippen MR) is 64.5 cm³/mol. The van der Waals surface area contributed by atoms with Crippen LogP contribution in [-0.4, -0.2) is 12.5 Å². The monoisotopic (exact) mass is 257 g/mol. The smallest absolute Gasteiger partial charge is 0.387 e. The van der Waals surface area contributed by atoms with Crippen molar-refractivity contribution in [1.82, 2.24) is 5.32 Å². The molecule has 0 saturated carbocycles. The molecule has 0 radical (unpaired) electrons. The van der Waals surface area contributed by atoms with Crippen molar-refractivity contribution >= 4 is 5.91 Å². The summed E-state index contributed by atoms with van der Waals surface area (Å²) in [6.45, 7) is 2.53. The summed E-state index contributed by atoms with van der Waals surface area (Å²) in [5, 5.41) is 2.79. The minimum absolute atomic E-state index is 0.0809. The molecule has 1 amide bonds. The van der Waals surface area contributed by atoms with E-state index >= 15 is 0 Å². The number of nitrogens with one attached hydrogen (secondary N) is 1. The number of carbonyl (C=O) groups is 1. The van der Waals surface area contributed by atoms with Gasteiger partial charge in [0.25, 0.3) is 0 Å². The normalized spacial score (nSPS) is 12.6. The molecule has 1 unspecified atom stereocenters. The lowest BCUT2D eigenvalue weighted by Crippen LogP contribution is -2.30. The van der Waals surface area contributed by atoms with E-state index < -0.39 is 6.61 Å². The van der Waals surface area contributed by atoms with E-state index in [-0.39, 0.29) is 23.6 Å². The third-order valence-electron chi connectivity index (χ3n) is 2.47. The molecule has 1 aromatic rings. The number of carbonyl (C=O) groups excluding carboxylic acids is 1. The zero-order valence-electron chi connectivity index (χ0n) is 10.6. The lowest BCUT2D eigenvalue weighted by molar-refractivity contribution is -0.124. The number of rotatable bonds is 5. The van der Waals surface area contributed by atoms with Crippen LogP contribution in [-0.2, 0) is 4.79 Å². The maximum absolute atomic E-state index is 12.1. The van der Waals surface area contributed by atoms with Crippen molar-refractivity contribution in [2.24, 2.45) is 5.92 Å². The van der Waals surface area contributed by atoms with Crippen LogP contribution >= 0.6 is 0 Å². The molecule has 5 heteroatoms. The van der Waals surface area contributed by atoms with Gasteiger partial charge in [0, 0.05) is 5.92 Å². The van der Waals surface area contributed by atoms with Crippen LogP contribution in [0.5, 0.6) is 5.75 Å². The Kier molecular flexibility index (Phi) is 5.07. The molecule has 0 spiro atoms. The van der Waals surface area contributed by atoms with Crippen LogP contribution in [0.15, 0.2) is 24.3 Å². The molecule has 0 saturated heterocycles. The fourth-order valence-electron chi connectivity index (χ4n) is 1.42. The van der Waals surface area contributed by atoms with Crippen molar-refractivity contribution < 1.29 is 18.3 Å². The highest BCUT2D eigenvalue weighted by molar-refractivity contribution is 5.78. The van der Waals surface area contributed by atoms with Crippen molar-refractivity contribution in [2.75, 3.05) is 0 Å². The molecule has 1 rings (SSSR count). The number of hydrogen-bond acceptors (Lipinski definition) is 2. The van der Waals surface area contributed by atoms with E-state index in [1.165, 1.54) is 12.1 Å². The van der Waals surface area contributed by atoms with Gasteiger partial charge in [0.15, 0.2) is 0 Å². The Bertz CT molecular complexity index is 408. The Morgan fingerprint density at radius 2 is 1.94 bits per heavy atom. The maximum atomic E-state index is 12.1. The minimum atomic E-state index is -2.85. The fraction of sp³-hybridized carbons (Fsp3) is 0.462. The average Bonchev–Trinajstić information content (AvgIpc) is 2.28. The van der Waals surface area contributed by atoms with Crippen LogP contribution in [0.4, 0.5) is 8.78 Å². The van der Waals surface area contributed by atoms with Gasteiger partial charge in [-0.15, -0.1) is 0 Å². The van der Waals surface area contributed by atoms with Crippen LogP contribution in [0.2, 0.25) is 0 Å². The molecule has 0 aliphatic carbocycles. The van der Waals surface area contributed by atoms with Crippen molar-refractivity contribution in [3.05, 3.63) is 29.8 Å². The number of halogens is 2. The molecule has 1 aromatic carbocycles. The van der Waals surface area contributed by atoms with Crippen molar-refractivity contribution in [1.29, 1.82) is 0 Å². The molecule has 100 valence electrons. The van der Waals surface area contributed by atoms with Gasteiger partial charge in [-0.1, -0.05) is 26.0 Å². The summed E-state index contributed by atoms with van der Waals surface area (Å²) in [5.74, 6) is -0.108. The Morgan fingerprint density at radius 1 is 1.28 bits per heavy atom. The summed E-state index contributed by atoms with van der Waals surface area (Å²) in [4.78, 5) is 11.5. The molecule has 18 heavy (non-hydrogen) atoms. The van der Waals surface area contributed by atoms with Gasteiger partial charge in [-0.3, -0.25) is 4.79 Å². The summed E-state index contributed by atoms with van der Waals surface area (Å²) in [5.41, 5.74) is 0.724. The highest BCUT2D eigenvalue weighted by Crippen LogP contribution is 2.20. The van der Waals surface area contributed by atoms with E-state index in [1.54, 1.807) is 32.9 Å². The first-order valence-electron chi connectivity index (χ1n) is 5.75. The zero-order chi connectivity index (χ0) is 13.7. The molecule has 1 N–H and O–H groups in total. The Hall–Kier alpha value is -1.65. The van der Waals surface area contributed by atoms with E-state index in [9.17, 15) is 13.6 Å². The summed E-state index contributed by atoms with van der Waals surface area (Å²) in [6, 6.07) is 6.07. The SMILES string of the molecule is CC(C)C(=O)NC(C)c1cccc(OC(F)F)c1. The highest BCUT2D eigenvalue weighted by atomic mass is 19.3. The minimum Gasteiger partial charge on any atom is -0.435 e. The van der Waals surface area contributed by atoms with E-state index in [4.69, 9.17) is 0 Å². The third-order valence-corrected chi connectivity index (χ3v) is 2.47. The third kappa shape index (κ3) is 4.31. The zero-order valence-corrected chi connectivity index (χ0v) is 10.6. The Morgan fingerprint density at radius 3 is 2.50 bits per heavy atom. The first-order valence-corrected chi connectivity index (χ1v) is 5.75. The lowest BCUT2D eigenvalue weighted by Gasteiger charge is -2.16. The molecule has 0 heterocycles. The van der Waals surface area contributed by atoms with E-state index in [2.05, 4.69) is 10.1 Å². The second-order valence-electron chi connectivity index (χ2n) is 4.34. The molecule has 0 aliphatic rings. The van der Waals surface area contributed by atoms with Crippen LogP contribution in [0.25, 0.3) is 0 Å². The van der Waals surface area contributed by atoms with Gasteiger partial charge < -0.3 is 10.1 Å². The van der Waals surface area contributed by atoms with Crippen molar-refractivity contribution in [3.8, 4) is 5.75 Å². The molecule has 0 bridgehead atoms. The molecule has 1 atom stereocenters. The van der Waals surface area contributed by atoms with Crippen molar-refractivity contribution in [3.63, 3.8) is 0 Å². The van der Waals surface area contributed by atoms with E-state index in [0.717, 1.165) is 5.56 Å². The van der Waals surface area contributed by atoms with Crippen LogP contribution < -0.4 is 10.1 Å². The summed E-state index contributed by atoms with van der Waals surface area (Å²) >= 11 is 0. The van der Waals surface area contributed by atoms with E-state index in [0.29, 0.717) is 0 Å². The lowest BCUT2D eigenvalue weighted by atomic mass is 10.1. The molecule has 3 nitrogen and oxygen atoms in total. The van der Waals surface area contributed by atoms with Gasteiger partial charge in [-0.2, -0.15) is 8.78 Å². The second kappa shape index (κ2) is 6.33. The number of benzene rings is 1. The van der Waals surface area contributed by atoms with Gasteiger partial charge in [0.2, 0.25) is 5.91 Å². The van der Waals surface area contributed by atoms with Gasteiger partial charge in [-0.05, 0) is 24.6 Å². The van der Waals surface area contributed by atoms with Gasteiger partial charge >= 0.3 is 6.61 Å². The van der Waals surface area contributed by atoms with Gasteiger partial charge in [0.1, 0.15) is 5.75 Å². The first kappa shape index (κ1) is 14.4. The number of alkyl halides is 2. The molecular formula is C13H17F2NO2.